The summed E-state index contributed by atoms with van der Waals surface area (Å²) in [5, 5.41) is 4.55. The molecule has 100 valence electrons. The van der Waals surface area contributed by atoms with Gasteiger partial charge in [-0.25, -0.2) is 4.79 Å². The lowest BCUT2D eigenvalue weighted by molar-refractivity contribution is 0.155. The second-order valence-corrected chi connectivity index (χ2v) is 5.01. The molecule has 0 bridgehead atoms. The molecule has 0 aliphatic rings. The van der Waals surface area contributed by atoms with Crippen LogP contribution in [0.5, 0.6) is 5.75 Å². The van der Waals surface area contributed by atoms with Crippen LogP contribution in [-0.4, -0.2) is 13.2 Å². The molecule has 0 spiro atoms. The molecule has 5 heteroatoms. The minimum atomic E-state index is -0.483. The SMILES string of the molecule is COc1csc(C)c1NC(=O)OCc1ccccc1. The molecule has 19 heavy (non-hydrogen) atoms. The number of anilines is 1. The molecular formula is C14H15NO3S. The molecule has 0 unspecified atom stereocenters. The van der Waals surface area contributed by atoms with Crippen LogP contribution in [-0.2, 0) is 11.3 Å². The molecule has 4 nitrogen and oxygen atoms in total. The highest BCUT2D eigenvalue weighted by Gasteiger charge is 2.13. The molecule has 1 aromatic carbocycles. The fraction of sp³-hybridized carbons (Fsp3) is 0.214. The first-order valence-electron chi connectivity index (χ1n) is 5.80. The Bertz CT molecular complexity index is 551. The van der Waals surface area contributed by atoms with Gasteiger partial charge < -0.3 is 9.47 Å². The Balaban J connectivity index is 1.93. The highest BCUT2D eigenvalue weighted by molar-refractivity contribution is 7.10. The summed E-state index contributed by atoms with van der Waals surface area (Å²) >= 11 is 1.52. The molecule has 0 saturated heterocycles. The second-order valence-electron chi connectivity index (χ2n) is 3.92. The Morgan fingerprint density at radius 3 is 2.74 bits per heavy atom. The quantitative estimate of drug-likeness (QED) is 0.924. The number of thiophene rings is 1. The Morgan fingerprint density at radius 1 is 1.32 bits per heavy atom. The number of methoxy groups -OCH3 is 1. The summed E-state index contributed by atoms with van der Waals surface area (Å²) in [5.41, 5.74) is 1.62. The maximum Gasteiger partial charge on any atom is 0.412 e. The van der Waals surface area contributed by atoms with E-state index in [1.165, 1.54) is 11.3 Å². The lowest BCUT2D eigenvalue weighted by Crippen LogP contribution is -2.14. The van der Waals surface area contributed by atoms with Gasteiger partial charge >= 0.3 is 6.09 Å². The molecule has 0 fully saturated rings. The van der Waals surface area contributed by atoms with E-state index in [0.29, 0.717) is 11.4 Å². The topological polar surface area (TPSA) is 47.6 Å². The molecule has 1 N–H and O–H groups in total. The fourth-order valence-corrected chi connectivity index (χ4v) is 2.36. The summed E-state index contributed by atoms with van der Waals surface area (Å²) in [6, 6.07) is 9.54. The van der Waals surface area contributed by atoms with Crippen molar-refractivity contribution in [2.45, 2.75) is 13.5 Å². The highest BCUT2D eigenvalue weighted by Crippen LogP contribution is 2.33. The Labute approximate surface area is 116 Å². The molecular weight excluding hydrogens is 262 g/mol. The van der Waals surface area contributed by atoms with Gasteiger partial charge in [-0.3, -0.25) is 5.32 Å². The van der Waals surface area contributed by atoms with Crippen molar-refractivity contribution in [3.63, 3.8) is 0 Å². The molecule has 1 amide bonds. The van der Waals surface area contributed by atoms with Crippen LogP contribution in [0.15, 0.2) is 35.7 Å². The molecule has 0 aliphatic carbocycles. The minimum absolute atomic E-state index is 0.248. The monoisotopic (exact) mass is 277 g/mol. The molecule has 2 aromatic rings. The van der Waals surface area contributed by atoms with Crippen molar-refractivity contribution in [2.75, 3.05) is 12.4 Å². The number of rotatable bonds is 4. The molecule has 0 radical (unpaired) electrons. The van der Waals surface area contributed by atoms with E-state index in [4.69, 9.17) is 9.47 Å². The number of nitrogens with one attached hydrogen (secondary N) is 1. The van der Waals surface area contributed by atoms with Crippen LogP contribution in [0.25, 0.3) is 0 Å². The van der Waals surface area contributed by atoms with E-state index >= 15 is 0 Å². The summed E-state index contributed by atoms with van der Waals surface area (Å²) in [7, 11) is 1.57. The third-order valence-corrected chi connectivity index (χ3v) is 3.49. The van der Waals surface area contributed by atoms with E-state index in [1.807, 2.05) is 42.6 Å². The predicted octanol–water partition coefficient (Wildman–Crippen LogP) is 3.81. The Hall–Kier alpha value is -2.01. The smallest absolute Gasteiger partial charge is 0.412 e. The first-order valence-corrected chi connectivity index (χ1v) is 6.68. The van der Waals surface area contributed by atoms with Crippen LogP contribution in [0.1, 0.15) is 10.4 Å². The van der Waals surface area contributed by atoms with Crippen molar-refractivity contribution in [1.82, 2.24) is 0 Å². The Morgan fingerprint density at radius 2 is 2.05 bits per heavy atom. The van der Waals surface area contributed by atoms with Crippen LogP contribution in [0.3, 0.4) is 0 Å². The lowest BCUT2D eigenvalue weighted by atomic mass is 10.2. The number of carbonyl (C=O) groups is 1. The van der Waals surface area contributed by atoms with Gasteiger partial charge in [0.2, 0.25) is 0 Å². The zero-order chi connectivity index (χ0) is 13.7. The van der Waals surface area contributed by atoms with Crippen LogP contribution >= 0.6 is 11.3 Å². The third kappa shape index (κ3) is 3.48. The van der Waals surface area contributed by atoms with Gasteiger partial charge in [-0.2, -0.15) is 0 Å². The van der Waals surface area contributed by atoms with E-state index in [1.54, 1.807) is 7.11 Å². The van der Waals surface area contributed by atoms with E-state index in [2.05, 4.69) is 5.32 Å². The van der Waals surface area contributed by atoms with E-state index in [-0.39, 0.29) is 6.61 Å². The van der Waals surface area contributed by atoms with E-state index in [0.717, 1.165) is 10.4 Å². The van der Waals surface area contributed by atoms with Crippen molar-refractivity contribution in [3.8, 4) is 5.75 Å². The van der Waals surface area contributed by atoms with E-state index in [9.17, 15) is 4.79 Å². The van der Waals surface area contributed by atoms with Crippen LogP contribution in [0.2, 0.25) is 0 Å². The van der Waals surface area contributed by atoms with Crippen LogP contribution < -0.4 is 10.1 Å². The van der Waals surface area contributed by atoms with Gasteiger partial charge in [-0.1, -0.05) is 30.3 Å². The zero-order valence-corrected chi connectivity index (χ0v) is 11.6. The first kappa shape index (κ1) is 13.4. The zero-order valence-electron chi connectivity index (χ0n) is 10.8. The van der Waals surface area contributed by atoms with Crippen LogP contribution in [0, 0.1) is 6.92 Å². The largest absolute Gasteiger partial charge is 0.494 e. The second kappa shape index (κ2) is 6.24. The van der Waals surface area contributed by atoms with Crippen molar-refractivity contribution >= 4 is 23.1 Å². The summed E-state index contributed by atoms with van der Waals surface area (Å²) < 4.78 is 10.3. The number of aryl methyl sites for hydroxylation is 1. The van der Waals surface area contributed by atoms with Crippen molar-refractivity contribution in [1.29, 1.82) is 0 Å². The van der Waals surface area contributed by atoms with Gasteiger partial charge in [0.15, 0.2) is 5.75 Å². The normalized spacial score (nSPS) is 10.0. The standard InChI is InChI=1S/C14H15NO3S/c1-10-13(12(17-2)9-19-10)15-14(16)18-8-11-6-4-3-5-7-11/h3-7,9H,8H2,1-2H3,(H,15,16). The molecule has 2 rings (SSSR count). The summed E-state index contributed by atoms with van der Waals surface area (Å²) in [6.45, 7) is 2.16. The maximum atomic E-state index is 11.7. The van der Waals surface area contributed by atoms with E-state index < -0.39 is 6.09 Å². The number of ether oxygens (including phenoxy) is 2. The molecule has 0 saturated carbocycles. The lowest BCUT2D eigenvalue weighted by Gasteiger charge is -2.08. The summed E-state index contributed by atoms with van der Waals surface area (Å²) in [6.07, 6.45) is -0.483. The number of amides is 1. The average Bonchev–Trinajstić information content (AvgIpc) is 2.78. The molecule has 0 atom stereocenters. The summed E-state index contributed by atoms with van der Waals surface area (Å²) in [5.74, 6) is 0.652. The van der Waals surface area contributed by atoms with Crippen molar-refractivity contribution in [2.24, 2.45) is 0 Å². The molecule has 0 aliphatic heterocycles. The highest BCUT2D eigenvalue weighted by atomic mass is 32.1. The number of hydrogen-bond donors (Lipinski definition) is 1. The average molecular weight is 277 g/mol. The van der Waals surface area contributed by atoms with Gasteiger partial charge in [-0.05, 0) is 12.5 Å². The fourth-order valence-electron chi connectivity index (χ4n) is 1.59. The van der Waals surface area contributed by atoms with Crippen LogP contribution in [0.4, 0.5) is 10.5 Å². The van der Waals surface area contributed by atoms with Gasteiger partial charge in [0.05, 0.1) is 12.8 Å². The number of carbonyl (C=O) groups excluding carboxylic acids is 1. The Kier molecular flexibility index (Phi) is 4.41. The minimum Gasteiger partial charge on any atom is -0.494 e. The number of benzene rings is 1. The van der Waals surface area contributed by atoms with Crippen molar-refractivity contribution in [3.05, 3.63) is 46.2 Å². The van der Waals surface area contributed by atoms with Gasteiger partial charge in [0, 0.05) is 10.3 Å². The van der Waals surface area contributed by atoms with Gasteiger partial charge in [0.1, 0.15) is 6.61 Å². The third-order valence-electron chi connectivity index (χ3n) is 2.60. The van der Waals surface area contributed by atoms with Gasteiger partial charge in [-0.15, -0.1) is 11.3 Å². The predicted molar refractivity (Wildman–Crippen MR) is 75.9 cm³/mol. The molecule has 1 heterocycles. The molecule has 1 aromatic heterocycles. The van der Waals surface area contributed by atoms with Crippen molar-refractivity contribution < 1.29 is 14.3 Å². The summed E-state index contributed by atoms with van der Waals surface area (Å²) in [4.78, 5) is 12.7. The number of hydrogen-bond acceptors (Lipinski definition) is 4. The first-order chi connectivity index (χ1) is 9.20. The maximum absolute atomic E-state index is 11.7. The van der Waals surface area contributed by atoms with Gasteiger partial charge in [0.25, 0.3) is 0 Å².